The van der Waals surface area contributed by atoms with Gasteiger partial charge in [0.05, 0.1) is 7.11 Å². The van der Waals surface area contributed by atoms with E-state index in [1.165, 1.54) is 0 Å². The highest BCUT2D eigenvalue weighted by Gasteiger charge is 2.16. The SMILES string of the molecule is C=CCn1cc(C(=O)c2cccc(OC)c2)c2ccccc21. The molecule has 0 saturated carbocycles. The van der Waals surface area contributed by atoms with Gasteiger partial charge in [0.15, 0.2) is 5.78 Å². The fourth-order valence-electron chi connectivity index (χ4n) is 2.64. The molecule has 0 bridgehead atoms. The average molecular weight is 291 g/mol. The Kier molecular flexibility index (Phi) is 3.79. The van der Waals surface area contributed by atoms with Crippen molar-refractivity contribution in [1.29, 1.82) is 0 Å². The van der Waals surface area contributed by atoms with Crippen LogP contribution in [0.2, 0.25) is 0 Å². The number of benzene rings is 2. The highest BCUT2D eigenvalue weighted by atomic mass is 16.5. The van der Waals surface area contributed by atoms with E-state index in [9.17, 15) is 4.79 Å². The van der Waals surface area contributed by atoms with E-state index in [0.29, 0.717) is 23.4 Å². The van der Waals surface area contributed by atoms with Crippen LogP contribution in [0.5, 0.6) is 5.75 Å². The summed E-state index contributed by atoms with van der Waals surface area (Å²) in [4.78, 5) is 12.9. The van der Waals surface area contributed by atoms with Gasteiger partial charge in [-0.25, -0.2) is 0 Å². The summed E-state index contributed by atoms with van der Waals surface area (Å²) in [7, 11) is 1.60. The predicted molar refractivity (Wildman–Crippen MR) is 88.6 cm³/mol. The maximum atomic E-state index is 12.9. The number of ketones is 1. The molecule has 3 nitrogen and oxygen atoms in total. The van der Waals surface area contributed by atoms with Crippen molar-refractivity contribution in [3.05, 3.63) is 78.5 Å². The number of hydrogen-bond donors (Lipinski definition) is 0. The number of nitrogens with zero attached hydrogens (tertiary/aromatic N) is 1. The van der Waals surface area contributed by atoms with Crippen molar-refractivity contribution in [2.24, 2.45) is 0 Å². The molecule has 3 aromatic rings. The molecule has 0 radical (unpaired) electrons. The van der Waals surface area contributed by atoms with Crippen molar-refractivity contribution in [3.8, 4) is 5.75 Å². The van der Waals surface area contributed by atoms with Crippen molar-refractivity contribution < 1.29 is 9.53 Å². The summed E-state index contributed by atoms with van der Waals surface area (Å²) in [6.45, 7) is 4.45. The summed E-state index contributed by atoms with van der Waals surface area (Å²) in [5.41, 5.74) is 2.36. The molecule has 0 saturated heterocycles. The van der Waals surface area contributed by atoms with Crippen molar-refractivity contribution in [2.45, 2.75) is 6.54 Å². The number of carbonyl (C=O) groups is 1. The van der Waals surface area contributed by atoms with Gasteiger partial charge in [0, 0.05) is 34.8 Å². The zero-order chi connectivity index (χ0) is 15.5. The number of aromatic nitrogens is 1. The lowest BCUT2D eigenvalue weighted by Gasteiger charge is -2.03. The highest BCUT2D eigenvalue weighted by molar-refractivity contribution is 6.16. The van der Waals surface area contributed by atoms with E-state index in [4.69, 9.17) is 4.74 Å². The van der Waals surface area contributed by atoms with E-state index in [2.05, 4.69) is 6.58 Å². The third kappa shape index (κ3) is 2.42. The van der Waals surface area contributed by atoms with Crippen LogP contribution in [0.1, 0.15) is 15.9 Å². The quantitative estimate of drug-likeness (QED) is 0.524. The Labute approximate surface area is 129 Å². The molecule has 1 heterocycles. The second kappa shape index (κ2) is 5.90. The van der Waals surface area contributed by atoms with Crippen LogP contribution in [0.4, 0.5) is 0 Å². The van der Waals surface area contributed by atoms with Crippen LogP contribution in [-0.4, -0.2) is 17.5 Å². The van der Waals surface area contributed by atoms with Crippen LogP contribution in [0.3, 0.4) is 0 Å². The number of ether oxygens (including phenoxy) is 1. The maximum Gasteiger partial charge on any atom is 0.195 e. The first-order chi connectivity index (χ1) is 10.7. The topological polar surface area (TPSA) is 31.2 Å². The number of fused-ring (bicyclic) bond motifs is 1. The van der Waals surface area contributed by atoms with Crippen LogP contribution in [0, 0.1) is 0 Å². The van der Waals surface area contributed by atoms with Gasteiger partial charge in [0.1, 0.15) is 5.75 Å². The number of methoxy groups -OCH3 is 1. The van der Waals surface area contributed by atoms with E-state index in [1.807, 2.05) is 59.3 Å². The molecule has 0 amide bonds. The molecule has 3 rings (SSSR count). The van der Waals surface area contributed by atoms with E-state index < -0.39 is 0 Å². The van der Waals surface area contributed by atoms with Crippen LogP contribution in [-0.2, 0) is 6.54 Å². The van der Waals surface area contributed by atoms with Crippen LogP contribution in [0.25, 0.3) is 10.9 Å². The Balaban J connectivity index is 2.12. The van der Waals surface area contributed by atoms with Gasteiger partial charge in [-0.3, -0.25) is 4.79 Å². The van der Waals surface area contributed by atoms with Gasteiger partial charge in [-0.1, -0.05) is 36.4 Å². The standard InChI is InChI=1S/C19H17NO2/c1-3-11-20-13-17(16-9-4-5-10-18(16)20)19(21)14-7-6-8-15(12-14)22-2/h3-10,12-13H,1,11H2,2H3. The fourth-order valence-corrected chi connectivity index (χ4v) is 2.64. The van der Waals surface area contributed by atoms with Crippen molar-refractivity contribution in [2.75, 3.05) is 7.11 Å². The van der Waals surface area contributed by atoms with Gasteiger partial charge in [-0.05, 0) is 18.2 Å². The lowest BCUT2D eigenvalue weighted by molar-refractivity contribution is 0.104. The summed E-state index contributed by atoms with van der Waals surface area (Å²) in [5, 5.41) is 0.956. The van der Waals surface area contributed by atoms with E-state index in [1.54, 1.807) is 13.2 Å². The molecule has 2 aromatic carbocycles. The number of allylic oxidation sites excluding steroid dienone is 1. The first kappa shape index (κ1) is 14.1. The molecular formula is C19H17NO2. The minimum atomic E-state index is -0.00193. The van der Waals surface area contributed by atoms with E-state index in [0.717, 1.165) is 10.9 Å². The molecule has 0 atom stereocenters. The Morgan fingerprint density at radius 2 is 2.05 bits per heavy atom. The van der Waals surface area contributed by atoms with Crippen molar-refractivity contribution >= 4 is 16.7 Å². The summed E-state index contributed by atoms with van der Waals surface area (Å²) >= 11 is 0. The number of rotatable bonds is 5. The normalized spacial score (nSPS) is 10.6. The number of hydrogen-bond acceptors (Lipinski definition) is 2. The summed E-state index contributed by atoms with van der Waals surface area (Å²) in [5.74, 6) is 0.679. The first-order valence-electron chi connectivity index (χ1n) is 7.12. The lowest BCUT2D eigenvalue weighted by atomic mass is 10.0. The molecule has 22 heavy (non-hydrogen) atoms. The predicted octanol–water partition coefficient (Wildman–Crippen LogP) is 4.07. The van der Waals surface area contributed by atoms with E-state index in [-0.39, 0.29) is 5.78 Å². The van der Waals surface area contributed by atoms with Crippen LogP contribution in [0.15, 0.2) is 67.4 Å². The second-order valence-electron chi connectivity index (χ2n) is 5.06. The third-order valence-electron chi connectivity index (χ3n) is 3.69. The van der Waals surface area contributed by atoms with Crippen LogP contribution >= 0.6 is 0 Å². The summed E-state index contributed by atoms with van der Waals surface area (Å²) in [6, 6.07) is 15.1. The molecule has 3 heteroatoms. The zero-order valence-corrected chi connectivity index (χ0v) is 12.5. The van der Waals surface area contributed by atoms with Gasteiger partial charge in [0.25, 0.3) is 0 Å². The molecule has 110 valence electrons. The molecule has 0 N–H and O–H groups in total. The average Bonchev–Trinajstić information content (AvgIpc) is 2.93. The van der Waals surface area contributed by atoms with E-state index >= 15 is 0 Å². The zero-order valence-electron chi connectivity index (χ0n) is 12.5. The summed E-state index contributed by atoms with van der Waals surface area (Å²) < 4.78 is 7.24. The minimum Gasteiger partial charge on any atom is -0.497 e. The Bertz CT molecular complexity index is 846. The highest BCUT2D eigenvalue weighted by Crippen LogP contribution is 2.25. The third-order valence-corrected chi connectivity index (χ3v) is 3.69. The van der Waals surface area contributed by atoms with Gasteiger partial charge in [-0.2, -0.15) is 0 Å². The smallest absolute Gasteiger partial charge is 0.195 e. The molecule has 0 unspecified atom stereocenters. The Hall–Kier alpha value is -2.81. The van der Waals surface area contributed by atoms with Gasteiger partial charge in [-0.15, -0.1) is 6.58 Å². The molecule has 0 fully saturated rings. The Morgan fingerprint density at radius 3 is 2.82 bits per heavy atom. The summed E-state index contributed by atoms with van der Waals surface area (Å²) in [6.07, 6.45) is 3.72. The number of para-hydroxylation sites is 1. The fraction of sp³-hybridized carbons (Fsp3) is 0.105. The monoisotopic (exact) mass is 291 g/mol. The molecule has 0 aliphatic rings. The Morgan fingerprint density at radius 1 is 1.23 bits per heavy atom. The van der Waals surface area contributed by atoms with Crippen LogP contribution < -0.4 is 4.74 Å². The van der Waals surface area contributed by atoms with Crippen molar-refractivity contribution in [1.82, 2.24) is 4.57 Å². The molecule has 0 aliphatic heterocycles. The molecule has 0 spiro atoms. The van der Waals surface area contributed by atoms with Gasteiger partial charge in [0.2, 0.25) is 0 Å². The molecular weight excluding hydrogens is 274 g/mol. The largest absolute Gasteiger partial charge is 0.497 e. The van der Waals surface area contributed by atoms with Crippen molar-refractivity contribution in [3.63, 3.8) is 0 Å². The number of carbonyl (C=O) groups excluding carboxylic acids is 1. The molecule has 1 aromatic heterocycles. The second-order valence-corrected chi connectivity index (χ2v) is 5.06. The first-order valence-corrected chi connectivity index (χ1v) is 7.12. The van der Waals surface area contributed by atoms with Gasteiger partial charge < -0.3 is 9.30 Å². The van der Waals surface area contributed by atoms with Gasteiger partial charge >= 0.3 is 0 Å². The lowest BCUT2D eigenvalue weighted by Crippen LogP contribution is -2.01. The minimum absolute atomic E-state index is 0.00193. The maximum absolute atomic E-state index is 12.9. The molecule has 0 aliphatic carbocycles.